The van der Waals surface area contributed by atoms with Gasteiger partial charge in [0.2, 0.25) is 0 Å². The molecule has 0 heterocycles. The van der Waals surface area contributed by atoms with Crippen LogP contribution in [0, 0.1) is 0 Å². The minimum absolute atomic E-state index is 0.0801. The molecule has 0 unspecified atom stereocenters. The van der Waals surface area contributed by atoms with Gasteiger partial charge in [-0.25, -0.2) is 0 Å². The van der Waals surface area contributed by atoms with Crippen molar-refractivity contribution in [2.75, 3.05) is 7.11 Å². The summed E-state index contributed by atoms with van der Waals surface area (Å²) >= 11 is 0. The highest BCUT2D eigenvalue weighted by molar-refractivity contribution is 5.95. The van der Waals surface area contributed by atoms with Crippen molar-refractivity contribution < 1.29 is 23.0 Å². The van der Waals surface area contributed by atoms with E-state index in [0.717, 1.165) is 25.7 Å². The smallest absolute Gasteiger partial charge is 0.387 e. The molecule has 1 saturated carbocycles. The zero-order chi connectivity index (χ0) is 15.9. The number of alkyl halides is 2. The number of ether oxygens (including phenoxy) is 2. The summed E-state index contributed by atoms with van der Waals surface area (Å²) in [6.07, 6.45) is 6.62. The SMILES string of the molecule is COc1cc(C(=O)NC2CCCCCC2)ccc1OC(F)F. The molecule has 6 heteroatoms. The zero-order valence-electron chi connectivity index (χ0n) is 12.6. The number of benzene rings is 1. The van der Waals surface area contributed by atoms with Crippen LogP contribution in [0.4, 0.5) is 8.78 Å². The first-order valence-electron chi connectivity index (χ1n) is 7.54. The van der Waals surface area contributed by atoms with E-state index in [-0.39, 0.29) is 23.4 Å². The second-order valence-corrected chi connectivity index (χ2v) is 5.41. The lowest BCUT2D eigenvalue weighted by Crippen LogP contribution is -2.34. The third-order valence-corrected chi connectivity index (χ3v) is 3.83. The Morgan fingerprint density at radius 2 is 1.86 bits per heavy atom. The fourth-order valence-corrected chi connectivity index (χ4v) is 2.69. The van der Waals surface area contributed by atoms with Crippen LogP contribution in [0.1, 0.15) is 48.9 Å². The van der Waals surface area contributed by atoms with Gasteiger partial charge in [-0.05, 0) is 31.0 Å². The summed E-state index contributed by atoms with van der Waals surface area (Å²) in [5.41, 5.74) is 0.378. The molecular formula is C16H21F2NO3. The topological polar surface area (TPSA) is 47.6 Å². The molecule has 0 bridgehead atoms. The number of nitrogens with one attached hydrogen (secondary N) is 1. The monoisotopic (exact) mass is 313 g/mol. The van der Waals surface area contributed by atoms with Crippen LogP contribution in [0.2, 0.25) is 0 Å². The Morgan fingerprint density at radius 3 is 2.45 bits per heavy atom. The predicted molar refractivity (Wildman–Crippen MR) is 78.6 cm³/mol. The van der Waals surface area contributed by atoms with Crippen LogP contribution in [0.3, 0.4) is 0 Å². The second-order valence-electron chi connectivity index (χ2n) is 5.41. The molecule has 1 amide bonds. The van der Waals surface area contributed by atoms with Crippen LogP contribution in [-0.4, -0.2) is 25.7 Å². The maximum absolute atomic E-state index is 12.3. The summed E-state index contributed by atoms with van der Waals surface area (Å²) in [4.78, 5) is 12.3. The number of hydrogen-bond donors (Lipinski definition) is 1. The van der Waals surface area contributed by atoms with Gasteiger partial charge in [-0.2, -0.15) is 8.78 Å². The van der Waals surface area contributed by atoms with Gasteiger partial charge in [0.1, 0.15) is 0 Å². The van der Waals surface area contributed by atoms with E-state index < -0.39 is 6.61 Å². The largest absolute Gasteiger partial charge is 0.493 e. The van der Waals surface area contributed by atoms with Gasteiger partial charge in [-0.15, -0.1) is 0 Å². The van der Waals surface area contributed by atoms with Gasteiger partial charge < -0.3 is 14.8 Å². The number of carbonyl (C=O) groups excluding carboxylic acids is 1. The van der Waals surface area contributed by atoms with Gasteiger partial charge in [-0.3, -0.25) is 4.79 Å². The average Bonchev–Trinajstić information content (AvgIpc) is 2.75. The standard InChI is InChI=1S/C16H21F2NO3/c1-21-14-10-11(8-9-13(14)22-16(17)18)15(20)19-12-6-4-2-3-5-7-12/h8-10,12,16H,2-7H2,1H3,(H,19,20). The first-order valence-corrected chi connectivity index (χ1v) is 7.54. The van der Waals surface area contributed by atoms with E-state index in [1.54, 1.807) is 0 Å². The summed E-state index contributed by atoms with van der Waals surface area (Å²) in [5, 5.41) is 3.00. The highest BCUT2D eigenvalue weighted by Crippen LogP contribution is 2.29. The van der Waals surface area contributed by atoms with Crippen molar-refractivity contribution in [3.8, 4) is 11.5 Å². The van der Waals surface area contributed by atoms with Crippen LogP contribution in [0.5, 0.6) is 11.5 Å². The molecule has 0 saturated heterocycles. The molecule has 4 nitrogen and oxygen atoms in total. The number of halogens is 2. The highest BCUT2D eigenvalue weighted by Gasteiger charge is 2.18. The van der Waals surface area contributed by atoms with Crippen molar-refractivity contribution in [3.05, 3.63) is 23.8 Å². The molecule has 1 aromatic carbocycles. The lowest BCUT2D eigenvalue weighted by Gasteiger charge is -2.17. The van der Waals surface area contributed by atoms with Crippen molar-refractivity contribution in [1.82, 2.24) is 5.32 Å². The molecule has 0 aromatic heterocycles. The Labute approximate surface area is 128 Å². The molecular weight excluding hydrogens is 292 g/mol. The highest BCUT2D eigenvalue weighted by atomic mass is 19.3. The van der Waals surface area contributed by atoms with Crippen molar-refractivity contribution in [2.24, 2.45) is 0 Å². The summed E-state index contributed by atoms with van der Waals surface area (Å²) in [7, 11) is 1.35. The van der Waals surface area contributed by atoms with Gasteiger partial charge in [0.05, 0.1) is 7.11 Å². The van der Waals surface area contributed by atoms with Gasteiger partial charge >= 0.3 is 6.61 Å². The number of rotatable bonds is 5. The Morgan fingerprint density at radius 1 is 1.18 bits per heavy atom. The number of amides is 1. The maximum Gasteiger partial charge on any atom is 0.387 e. The summed E-state index contributed by atoms with van der Waals surface area (Å²) in [6, 6.07) is 4.39. The normalized spacial score (nSPS) is 16.2. The van der Waals surface area contributed by atoms with Crippen molar-refractivity contribution >= 4 is 5.91 Å². The summed E-state index contributed by atoms with van der Waals surface area (Å²) in [6.45, 7) is -2.93. The van der Waals surface area contributed by atoms with Gasteiger partial charge in [-0.1, -0.05) is 25.7 Å². The van der Waals surface area contributed by atoms with Crippen molar-refractivity contribution in [3.63, 3.8) is 0 Å². The molecule has 0 spiro atoms. The number of carbonyl (C=O) groups is 1. The molecule has 1 fully saturated rings. The van der Waals surface area contributed by atoms with E-state index in [1.165, 1.54) is 38.2 Å². The van der Waals surface area contributed by atoms with Crippen molar-refractivity contribution in [2.45, 2.75) is 51.2 Å². The third-order valence-electron chi connectivity index (χ3n) is 3.83. The molecule has 0 aliphatic heterocycles. The minimum Gasteiger partial charge on any atom is -0.493 e. The minimum atomic E-state index is -2.93. The van der Waals surface area contributed by atoms with Crippen LogP contribution in [0.25, 0.3) is 0 Å². The molecule has 0 atom stereocenters. The van der Waals surface area contributed by atoms with Crippen LogP contribution >= 0.6 is 0 Å². The first-order chi connectivity index (χ1) is 10.6. The van der Waals surface area contributed by atoms with Gasteiger partial charge in [0.15, 0.2) is 11.5 Å². The quantitative estimate of drug-likeness (QED) is 0.842. The van der Waals surface area contributed by atoms with E-state index in [1.807, 2.05) is 0 Å². The molecule has 0 radical (unpaired) electrons. The van der Waals surface area contributed by atoms with E-state index in [9.17, 15) is 13.6 Å². The van der Waals surface area contributed by atoms with Crippen LogP contribution in [0.15, 0.2) is 18.2 Å². The average molecular weight is 313 g/mol. The molecule has 1 N–H and O–H groups in total. The lowest BCUT2D eigenvalue weighted by atomic mass is 10.1. The fourth-order valence-electron chi connectivity index (χ4n) is 2.69. The van der Waals surface area contributed by atoms with Gasteiger partial charge in [0, 0.05) is 11.6 Å². The number of methoxy groups -OCH3 is 1. The second kappa shape index (κ2) is 7.96. The molecule has 1 aliphatic rings. The van der Waals surface area contributed by atoms with E-state index in [4.69, 9.17) is 4.74 Å². The molecule has 122 valence electrons. The van der Waals surface area contributed by atoms with Crippen molar-refractivity contribution in [1.29, 1.82) is 0 Å². The van der Waals surface area contributed by atoms with E-state index in [2.05, 4.69) is 10.1 Å². The predicted octanol–water partition coefficient (Wildman–Crippen LogP) is 3.75. The van der Waals surface area contributed by atoms with Gasteiger partial charge in [0.25, 0.3) is 5.91 Å². The van der Waals surface area contributed by atoms with Crippen LogP contribution < -0.4 is 14.8 Å². The van der Waals surface area contributed by atoms with E-state index >= 15 is 0 Å². The van der Waals surface area contributed by atoms with Crippen LogP contribution in [-0.2, 0) is 0 Å². The Kier molecular flexibility index (Phi) is 5.98. The maximum atomic E-state index is 12.3. The summed E-state index contributed by atoms with van der Waals surface area (Å²) < 4.78 is 33.9. The molecule has 2 rings (SSSR count). The Balaban J connectivity index is 2.05. The Hall–Kier alpha value is -1.85. The molecule has 1 aromatic rings. The van der Waals surface area contributed by atoms with E-state index in [0.29, 0.717) is 5.56 Å². The molecule has 22 heavy (non-hydrogen) atoms. The summed E-state index contributed by atoms with van der Waals surface area (Å²) in [5.74, 6) is -0.175. The molecule has 1 aliphatic carbocycles. The first kappa shape index (κ1) is 16.5. The zero-order valence-corrected chi connectivity index (χ0v) is 12.6. The third kappa shape index (κ3) is 4.58. The lowest BCUT2D eigenvalue weighted by molar-refractivity contribution is -0.0512. The number of hydrogen-bond acceptors (Lipinski definition) is 3. The fraction of sp³-hybridized carbons (Fsp3) is 0.562. The Bertz CT molecular complexity index is 500.